The Bertz CT molecular complexity index is 804. The Hall–Kier alpha value is -1.72. The fourth-order valence-electron chi connectivity index (χ4n) is 3.87. The molecular weight excluding hydrogens is 418 g/mol. The van der Waals surface area contributed by atoms with Gasteiger partial charge in [0, 0.05) is 78.4 Å². The number of methoxy groups -OCH3 is 1. The third kappa shape index (κ3) is 6.63. The number of rotatable bonds is 9. The van der Waals surface area contributed by atoms with E-state index in [2.05, 4.69) is 22.2 Å². The summed E-state index contributed by atoms with van der Waals surface area (Å²) in [7, 11) is -0.0605. The van der Waals surface area contributed by atoms with Crippen LogP contribution in [0.3, 0.4) is 0 Å². The van der Waals surface area contributed by atoms with Crippen molar-refractivity contribution >= 4 is 15.9 Å². The second-order valence-corrected chi connectivity index (χ2v) is 10.0. The van der Waals surface area contributed by atoms with Gasteiger partial charge < -0.3 is 19.9 Å². The maximum absolute atomic E-state index is 13.4. The highest BCUT2D eigenvalue weighted by Gasteiger charge is 2.27. The molecule has 0 aliphatic carbocycles. The summed E-state index contributed by atoms with van der Waals surface area (Å²) < 4.78 is 33.4. The first-order valence-corrected chi connectivity index (χ1v) is 12.4. The van der Waals surface area contributed by atoms with Crippen molar-refractivity contribution in [3.05, 3.63) is 24.3 Å². The molecule has 0 saturated carbocycles. The smallest absolute Gasteiger partial charge is 0.243 e. The fourth-order valence-corrected chi connectivity index (χ4v) is 5.30. The molecule has 0 atom stereocenters. The van der Waals surface area contributed by atoms with Crippen molar-refractivity contribution in [3.8, 4) is 5.75 Å². The normalized spacial score (nSPS) is 19.0. The Balaban J connectivity index is 1.68. The van der Waals surface area contributed by atoms with Gasteiger partial charge in [0.2, 0.25) is 15.9 Å². The number of carbonyl (C=O) groups is 1. The van der Waals surface area contributed by atoms with E-state index in [0.717, 1.165) is 39.3 Å². The van der Waals surface area contributed by atoms with Crippen LogP contribution in [0.15, 0.2) is 29.2 Å². The summed E-state index contributed by atoms with van der Waals surface area (Å²) in [5.74, 6) is 0.618. The predicted octanol–water partition coefficient (Wildman–Crippen LogP) is -0.245. The Morgan fingerprint density at radius 1 is 1.03 bits per heavy atom. The van der Waals surface area contributed by atoms with Crippen molar-refractivity contribution in [2.45, 2.75) is 11.3 Å². The molecule has 2 aliphatic rings. The first-order chi connectivity index (χ1) is 14.9. The molecule has 0 spiro atoms. The lowest BCUT2D eigenvalue weighted by Gasteiger charge is -2.34. The molecule has 0 bridgehead atoms. The van der Waals surface area contributed by atoms with Gasteiger partial charge in [0.25, 0.3) is 0 Å². The number of hydrogen-bond acceptors (Lipinski definition) is 7. The van der Waals surface area contributed by atoms with Crippen molar-refractivity contribution in [3.63, 3.8) is 0 Å². The van der Waals surface area contributed by atoms with Crippen LogP contribution in [0.25, 0.3) is 0 Å². The van der Waals surface area contributed by atoms with Crippen LogP contribution in [-0.2, 0) is 14.8 Å². The maximum atomic E-state index is 13.4. The van der Waals surface area contributed by atoms with Crippen molar-refractivity contribution in [1.82, 2.24) is 24.3 Å². The number of amides is 1. The van der Waals surface area contributed by atoms with Crippen molar-refractivity contribution in [1.29, 1.82) is 0 Å². The van der Waals surface area contributed by atoms with Crippen LogP contribution in [0.5, 0.6) is 5.75 Å². The van der Waals surface area contributed by atoms with Gasteiger partial charge >= 0.3 is 0 Å². The highest BCUT2D eigenvalue weighted by atomic mass is 32.2. The van der Waals surface area contributed by atoms with Gasteiger partial charge in [0.1, 0.15) is 5.75 Å². The molecule has 31 heavy (non-hydrogen) atoms. The minimum Gasteiger partial charge on any atom is -0.497 e. The number of ether oxygens (including phenoxy) is 1. The van der Waals surface area contributed by atoms with Gasteiger partial charge in [-0.1, -0.05) is 0 Å². The Kier molecular flexibility index (Phi) is 8.67. The summed E-state index contributed by atoms with van der Waals surface area (Å²) in [6.45, 7) is 7.92. The number of carbonyl (C=O) groups excluding carboxylic acids is 1. The molecule has 3 rings (SSSR count). The van der Waals surface area contributed by atoms with E-state index in [9.17, 15) is 13.2 Å². The number of hydrogen-bond donors (Lipinski definition) is 1. The van der Waals surface area contributed by atoms with Crippen molar-refractivity contribution in [2.24, 2.45) is 0 Å². The lowest BCUT2D eigenvalue weighted by molar-refractivity contribution is -0.131. The monoisotopic (exact) mass is 453 g/mol. The zero-order valence-electron chi connectivity index (χ0n) is 18.6. The summed E-state index contributed by atoms with van der Waals surface area (Å²) in [5, 5.41) is 3.23. The third-order valence-corrected chi connectivity index (χ3v) is 7.92. The average Bonchev–Trinajstić information content (AvgIpc) is 2.80. The zero-order valence-corrected chi connectivity index (χ0v) is 19.4. The zero-order chi connectivity index (χ0) is 22.3. The highest BCUT2D eigenvalue weighted by Crippen LogP contribution is 2.20. The minimum absolute atomic E-state index is 0.0102. The quantitative estimate of drug-likeness (QED) is 0.552. The van der Waals surface area contributed by atoms with Crippen molar-refractivity contribution in [2.75, 3.05) is 86.1 Å². The van der Waals surface area contributed by atoms with E-state index in [1.54, 1.807) is 31.4 Å². The van der Waals surface area contributed by atoms with E-state index in [1.165, 1.54) is 4.31 Å². The molecule has 1 N–H and O–H groups in total. The van der Waals surface area contributed by atoms with Crippen LogP contribution in [0.1, 0.15) is 6.42 Å². The second-order valence-electron chi connectivity index (χ2n) is 8.11. The van der Waals surface area contributed by atoms with Crippen LogP contribution in [0.2, 0.25) is 0 Å². The summed E-state index contributed by atoms with van der Waals surface area (Å²) in [6, 6.07) is 6.43. The standard InChI is InChI=1S/C21H35N5O4S/c1-23-13-15-24(16-14-23)17-18-26(10-7-21(27)25-11-8-22-9-12-25)31(28,29)20-5-3-19(30-2)4-6-20/h3-6,22H,7-18H2,1-2H3. The molecule has 174 valence electrons. The molecule has 9 nitrogen and oxygen atoms in total. The van der Waals surface area contributed by atoms with E-state index in [1.807, 2.05) is 4.90 Å². The predicted molar refractivity (Wildman–Crippen MR) is 120 cm³/mol. The molecule has 2 fully saturated rings. The van der Waals surface area contributed by atoms with Crippen LogP contribution in [-0.4, -0.2) is 119 Å². The van der Waals surface area contributed by atoms with E-state index >= 15 is 0 Å². The Morgan fingerprint density at radius 3 is 2.29 bits per heavy atom. The topological polar surface area (TPSA) is 85.4 Å². The number of piperazine rings is 2. The lowest BCUT2D eigenvalue weighted by Crippen LogP contribution is -2.49. The fraction of sp³-hybridized carbons (Fsp3) is 0.667. The van der Waals surface area contributed by atoms with Crippen molar-refractivity contribution < 1.29 is 17.9 Å². The van der Waals surface area contributed by atoms with E-state index in [-0.39, 0.29) is 23.8 Å². The number of nitrogens with zero attached hydrogens (tertiary/aromatic N) is 4. The number of benzene rings is 1. The first-order valence-electron chi connectivity index (χ1n) is 10.9. The van der Waals surface area contributed by atoms with Crippen LogP contribution >= 0.6 is 0 Å². The molecule has 1 amide bonds. The third-order valence-electron chi connectivity index (χ3n) is 6.00. The van der Waals surface area contributed by atoms with Crippen LogP contribution < -0.4 is 10.1 Å². The van der Waals surface area contributed by atoms with Gasteiger partial charge in [0.15, 0.2) is 0 Å². The number of nitrogens with one attached hydrogen (secondary N) is 1. The summed E-state index contributed by atoms with van der Waals surface area (Å²) in [4.78, 5) is 19.2. The van der Waals surface area contributed by atoms with Gasteiger partial charge in [-0.25, -0.2) is 8.42 Å². The molecule has 2 heterocycles. The van der Waals surface area contributed by atoms with Gasteiger partial charge in [0.05, 0.1) is 12.0 Å². The molecule has 2 saturated heterocycles. The molecule has 1 aromatic carbocycles. The number of likely N-dealkylation sites (N-methyl/N-ethyl adjacent to an activating group) is 1. The van der Waals surface area contributed by atoms with Gasteiger partial charge in [-0.05, 0) is 31.3 Å². The second kappa shape index (κ2) is 11.2. The molecule has 0 aromatic heterocycles. The Morgan fingerprint density at radius 2 is 1.68 bits per heavy atom. The maximum Gasteiger partial charge on any atom is 0.243 e. The van der Waals surface area contributed by atoms with Crippen LogP contribution in [0, 0.1) is 0 Å². The molecular formula is C21H35N5O4S. The van der Waals surface area contributed by atoms with Gasteiger partial charge in [-0.3, -0.25) is 9.69 Å². The molecule has 0 unspecified atom stereocenters. The number of sulfonamides is 1. The molecule has 0 radical (unpaired) electrons. The molecule has 2 aliphatic heterocycles. The largest absolute Gasteiger partial charge is 0.497 e. The Labute approximate surface area is 186 Å². The summed E-state index contributed by atoms with van der Waals surface area (Å²) >= 11 is 0. The van der Waals surface area contributed by atoms with E-state index in [4.69, 9.17) is 4.74 Å². The minimum atomic E-state index is -3.71. The average molecular weight is 454 g/mol. The van der Waals surface area contributed by atoms with Gasteiger partial charge in [-0.2, -0.15) is 4.31 Å². The highest BCUT2D eigenvalue weighted by molar-refractivity contribution is 7.89. The molecule has 1 aromatic rings. The molecule has 10 heteroatoms. The first kappa shape index (κ1) is 23.9. The van der Waals surface area contributed by atoms with E-state index in [0.29, 0.717) is 31.9 Å². The van der Waals surface area contributed by atoms with Crippen LogP contribution in [0.4, 0.5) is 0 Å². The lowest BCUT2D eigenvalue weighted by atomic mass is 10.3. The summed E-state index contributed by atoms with van der Waals surface area (Å²) in [5.41, 5.74) is 0. The SMILES string of the molecule is COc1ccc(S(=O)(=O)N(CCC(=O)N2CCNCC2)CCN2CCN(C)CC2)cc1. The van der Waals surface area contributed by atoms with Gasteiger partial charge in [-0.15, -0.1) is 0 Å². The summed E-state index contributed by atoms with van der Waals surface area (Å²) in [6.07, 6.45) is 0.193. The van der Waals surface area contributed by atoms with E-state index < -0.39 is 10.0 Å².